The lowest BCUT2D eigenvalue weighted by Gasteiger charge is -2.42. The van der Waals surface area contributed by atoms with Crippen LogP contribution >= 0.6 is 0 Å². The van der Waals surface area contributed by atoms with Gasteiger partial charge in [-0.2, -0.15) is 0 Å². The van der Waals surface area contributed by atoms with Crippen molar-refractivity contribution >= 4 is 0 Å². The maximum Gasteiger partial charge on any atom is 0.0915 e. The first-order valence-corrected chi connectivity index (χ1v) is 14.2. The van der Waals surface area contributed by atoms with Gasteiger partial charge in [0.05, 0.1) is 52.4 Å². The molecule has 1 heterocycles. The molecule has 0 atom stereocenters. The van der Waals surface area contributed by atoms with Gasteiger partial charge in [-0.25, -0.2) is 0 Å². The fourth-order valence-corrected chi connectivity index (χ4v) is 5.45. The number of hydrogen-bond donors (Lipinski definition) is 0. The highest BCUT2D eigenvalue weighted by Gasteiger charge is 2.27. The van der Waals surface area contributed by atoms with Crippen LogP contribution in [0.15, 0.2) is 0 Å². The van der Waals surface area contributed by atoms with Gasteiger partial charge in [-0.15, -0.1) is 0 Å². The topological polar surface area (TPSA) is 6.48 Å². The molecule has 0 amide bonds. The van der Waals surface area contributed by atoms with Crippen LogP contribution in [0.5, 0.6) is 0 Å². The third-order valence-electron chi connectivity index (χ3n) is 8.65. The summed E-state index contributed by atoms with van der Waals surface area (Å²) in [5.74, 6) is 0. The van der Waals surface area contributed by atoms with Crippen LogP contribution in [0.2, 0.25) is 0 Å². The maximum absolute atomic E-state index is 2.75. The summed E-state index contributed by atoms with van der Waals surface area (Å²) in [4.78, 5) is 5.50. The average Bonchev–Trinajstić information content (AvgIpc) is 2.82. The van der Waals surface area contributed by atoms with Gasteiger partial charge in [-0.1, -0.05) is 33.1 Å². The fraction of sp³-hybridized carbons (Fsp3) is 1.00. The summed E-state index contributed by atoms with van der Waals surface area (Å²) in [5.41, 5.74) is 0. The lowest BCUT2D eigenvalue weighted by molar-refractivity contribution is -0.924. The van der Waals surface area contributed by atoms with Crippen molar-refractivity contribution in [2.75, 3.05) is 91.6 Å². The van der Waals surface area contributed by atoms with E-state index >= 15 is 0 Å². The van der Waals surface area contributed by atoms with Crippen molar-refractivity contribution in [3.63, 3.8) is 0 Å². The van der Waals surface area contributed by atoms with Crippen LogP contribution in [0.3, 0.4) is 0 Å². The molecule has 0 aliphatic carbocycles. The standard InChI is InChI=1S/C27H60N4.2BrH/c1-7-13-15-17-25-31(11-5,12-6)27-23-29-20-18-28(19-21-29)22-26-30(9-3,10-4)24-16-14-8-2;;/h7-27H2,1-6H3;2*1H/q+2;;/p-2. The van der Waals surface area contributed by atoms with Gasteiger partial charge in [0.25, 0.3) is 0 Å². The molecule has 4 nitrogen and oxygen atoms in total. The van der Waals surface area contributed by atoms with Crippen LogP contribution in [0, 0.1) is 0 Å². The molecule has 0 N–H and O–H groups in total. The quantitative estimate of drug-likeness (QED) is 0.140. The zero-order valence-electron chi connectivity index (χ0n) is 23.4. The highest BCUT2D eigenvalue weighted by Crippen LogP contribution is 2.14. The Kier molecular flexibility index (Phi) is 22.8. The minimum absolute atomic E-state index is 0. The minimum atomic E-state index is 0. The zero-order valence-corrected chi connectivity index (χ0v) is 26.6. The third kappa shape index (κ3) is 13.6. The van der Waals surface area contributed by atoms with Crippen LogP contribution in [-0.4, -0.2) is 110 Å². The Hall–Kier alpha value is 0.800. The van der Waals surface area contributed by atoms with Gasteiger partial charge in [-0.05, 0) is 53.4 Å². The van der Waals surface area contributed by atoms with Gasteiger partial charge in [-0.3, -0.25) is 9.80 Å². The molecule has 6 heteroatoms. The zero-order chi connectivity index (χ0) is 23.0. The van der Waals surface area contributed by atoms with Gasteiger partial charge in [0, 0.05) is 39.3 Å². The molecule has 0 radical (unpaired) electrons. The molecule has 0 aromatic carbocycles. The number of nitrogens with zero attached hydrogens (tertiary/aromatic N) is 4. The van der Waals surface area contributed by atoms with Crippen LogP contribution in [0.4, 0.5) is 0 Å². The molecule has 1 saturated heterocycles. The van der Waals surface area contributed by atoms with E-state index in [1.807, 2.05) is 0 Å². The van der Waals surface area contributed by atoms with Gasteiger partial charge < -0.3 is 42.9 Å². The van der Waals surface area contributed by atoms with Crippen LogP contribution in [0.25, 0.3) is 0 Å². The van der Waals surface area contributed by atoms with Crippen molar-refractivity contribution in [2.24, 2.45) is 0 Å². The van der Waals surface area contributed by atoms with E-state index in [0.29, 0.717) is 0 Å². The number of unbranched alkanes of at least 4 members (excludes halogenated alkanes) is 5. The Morgan fingerprint density at radius 3 is 1.12 bits per heavy atom. The first-order chi connectivity index (χ1) is 15.0. The van der Waals surface area contributed by atoms with E-state index in [-0.39, 0.29) is 34.0 Å². The lowest BCUT2D eigenvalue weighted by atomic mass is 10.1. The number of piperazine rings is 1. The second-order valence-corrected chi connectivity index (χ2v) is 10.3. The third-order valence-corrected chi connectivity index (χ3v) is 8.65. The maximum atomic E-state index is 2.75. The van der Waals surface area contributed by atoms with Crippen LogP contribution in [0.1, 0.15) is 86.5 Å². The van der Waals surface area contributed by atoms with Crippen LogP contribution < -0.4 is 34.0 Å². The molecule has 1 aliphatic heterocycles. The van der Waals surface area contributed by atoms with E-state index < -0.39 is 0 Å². The lowest BCUT2D eigenvalue weighted by Crippen LogP contribution is -3.00. The van der Waals surface area contributed by atoms with Crippen molar-refractivity contribution in [3.8, 4) is 0 Å². The van der Waals surface area contributed by atoms with Crippen molar-refractivity contribution < 1.29 is 42.9 Å². The molecule has 1 fully saturated rings. The summed E-state index contributed by atoms with van der Waals surface area (Å²) < 4.78 is 2.65. The highest BCUT2D eigenvalue weighted by atomic mass is 79.9. The Bertz CT molecular complexity index is 420. The second kappa shape index (κ2) is 20.9. The smallest absolute Gasteiger partial charge is 0.0915 e. The average molecular weight is 601 g/mol. The van der Waals surface area contributed by atoms with Crippen molar-refractivity contribution in [1.82, 2.24) is 9.80 Å². The molecule has 0 unspecified atom stereocenters. The molecule has 0 aromatic rings. The molecule has 33 heavy (non-hydrogen) atoms. The summed E-state index contributed by atoms with van der Waals surface area (Å²) in [5, 5.41) is 0. The fourth-order valence-electron chi connectivity index (χ4n) is 5.45. The number of hydrogen-bond acceptors (Lipinski definition) is 2. The predicted molar refractivity (Wildman–Crippen MR) is 139 cm³/mol. The summed E-state index contributed by atoms with van der Waals surface area (Å²) in [6.45, 7) is 32.6. The Labute approximate surface area is 230 Å². The van der Waals surface area contributed by atoms with E-state index in [1.165, 1.54) is 146 Å². The van der Waals surface area contributed by atoms with Crippen LogP contribution in [-0.2, 0) is 0 Å². The first-order valence-electron chi connectivity index (χ1n) is 14.2. The van der Waals surface area contributed by atoms with Crippen molar-refractivity contribution in [3.05, 3.63) is 0 Å². The number of halogens is 2. The Morgan fingerprint density at radius 1 is 0.455 bits per heavy atom. The number of likely N-dealkylation sites (N-methyl/N-ethyl adjacent to an activating group) is 2. The molecule has 1 aliphatic rings. The monoisotopic (exact) mass is 598 g/mol. The largest absolute Gasteiger partial charge is 1.00 e. The molecule has 0 saturated carbocycles. The highest BCUT2D eigenvalue weighted by molar-refractivity contribution is 4.72. The first kappa shape index (κ1) is 36.0. The molecule has 0 aromatic heterocycles. The molecule has 0 spiro atoms. The molecular formula is C27H60Br2N4. The van der Waals surface area contributed by atoms with Gasteiger partial charge in [0.1, 0.15) is 0 Å². The second-order valence-electron chi connectivity index (χ2n) is 10.3. The predicted octanol–water partition coefficient (Wildman–Crippen LogP) is -0.904. The van der Waals surface area contributed by atoms with Gasteiger partial charge in [0.2, 0.25) is 0 Å². The number of rotatable bonds is 19. The van der Waals surface area contributed by atoms with Crippen molar-refractivity contribution in [2.45, 2.75) is 86.5 Å². The van der Waals surface area contributed by atoms with E-state index in [4.69, 9.17) is 0 Å². The molecular weight excluding hydrogens is 540 g/mol. The van der Waals surface area contributed by atoms with E-state index in [2.05, 4.69) is 51.3 Å². The summed E-state index contributed by atoms with van der Waals surface area (Å²) >= 11 is 0. The summed E-state index contributed by atoms with van der Waals surface area (Å²) in [6.07, 6.45) is 9.72. The van der Waals surface area contributed by atoms with Gasteiger partial charge in [0.15, 0.2) is 0 Å². The van der Waals surface area contributed by atoms with Gasteiger partial charge >= 0.3 is 0 Å². The molecule has 0 bridgehead atoms. The Balaban J connectivity index is 0. The van der Waals surface area contributed by atoms with E-state index in [9.17, 15) is 0 Å². The Morgan fingerprint density at radius 2 is 0.788 bits per heavy atom. The molecule has 1 rings (SSSR count). The summed E-state index contributed by atoms with van der Waals surface area (Å²) in [6, 6.07) is 0. The van der Waals surface area contributed by atoms with E-state index in [0.717, 1.165) is 0 Å². The number of quaternary nitrogens is 2. The van der Waals surface area contributed by atoms with E-state index in [1.54, 1.807) is 0 Å². The SMILES string of the molecule is CCCCCC[N+](CC)(CC)CCN1CCN(CC[N+](CC)(CC)CCCCC)CC1.[Br-].[Br-]. The minimum Gasteiger partial charge on any atom is -1.00 e. The van der Waals surface area contributed by atoms with Crippen molar-refractivity contribution in [1.29, 1.82) is 0 Å². The molecule has 202 valence electrons. The normalized spacial score (nSPS) is 15.8. The summed E-state index contributed by atoms with van der Waals surface area (Å²) in [7, 11) is 0.